The lowest BCUT2D eigenvalue weighted by molar-refractivity contribution is -0.137. The maximum absolute atomic E-state index is 12.5. The van der Waals surface area contributed by atoms with Gasteiger partial charge in [-0.15, -0.1) is 0 Å². The Morgan fingerprint density at radius 1 is 1.44 bits per heavy atom. The van der Waals surface area contributed by atoms with Crippen molar-refractivity contribution in [1.82, 2.24) is 0 Å². The summed E-state index contributed by atoms with van der Waals surface area (Å²) in [5, 5.41) is 7.42. The maximum Gasteiger partial charge on any atom is 0.417 e. The first-order chi connectivity index (χ1) is 7.29. The van der Waals surface area contributed by atoms with Gasteiger partial charge in [0.15, 0.2) is 0 Å². The Hall–Kier alpha value is -0.810. The summed E-state index contributed by atoms with van der Waals surface area (Å²) in [6.07, 6.45) is -4.71. The van der Waals surface area contributed by atoms with Gasteiger partial charge >= 0.3 is 6.18 Å². The second-order valence-electron chi connectivity index (χ2n) is 2.73. The molecule has 0 heterocycles. The van der Waals surface area contributed by atoms with Gasteiger partial charge in [0, 0.05) is 3.57 Å². The zero-order chi connectivity index (χ0) is 12.5. The maximum atomic E-state index is 12.5. The molecule has 0 unspecified atom stereocenters. The summed E-state index contributed by atoms with van der Waals surface area (Å²) < 4.78 is 37.8. The van der Waals surface area contributed by atoms with Crippen molar-refractivity contribution in [2.24, 2.45) is 0 Å². The van der Waals surface area contributed by atoms with Gasteiger partial charge in [-0.3, -0.25) is 4.79 Å². The van der Waals surface area contributed by atoms with Crippen LogP contribution >= 0.6 is 34.2 Å². The molecular weight excluding hydrogens is 357 g/mol. The number of carbonyl (C=O) groups is 1. The molecule has 84 valence electrons. The van der Waals surface area contributed by atoms with E-state index in [1.165, 1.54) is 0 Å². The molecule has 0 aliphatic carbocycles. The fraction of sp³-hybridized carbons (Fsp3) is 0.111. The molecule has 1 aromatic carbocycles. The zero-order valence-electron chi connectivity index (χ0n) is 7.40. The third-order valence-electron chi connectivity index (χ3n) is 1.77. The Morgan fingerprint density at radius 2 is 2.00 bits per heavy atom. The van der Waals surface area contributed by atoms with Crippen LogP contribution in [0.2, 0.25) is 0 Å². The number of carbonyl (C=O) groups excluding carboxylic acids is 1. The van der Waals surface area contributed by atoms with Gasteiger partial charge in [0.1, 0.15) is 6.07 Å². The summed E-state index contributed by atoms with van der Waals surface area (Å²) in [5.41, 5.74) is -2.33. The van der Waals surface area contributed by atoms with Crippen LogP contribution in [-0.4, -0.2) is 5.24 Å². The fourth-order valence-electron chi connectivity index (χ4n) is 1.13. The van der Waals surface area contributed by atoms with Gasteiger partial charge in [0.25, 0.3) is 5.24 Å². The van der Waals surface area contributed by atoms with E-state index in [0.717, 1.165) is 12.1 Å². The van der Waals surface area contributed by atoms with Crippen molar-refractivity contribution in [3.05, 3.63) is 32.4 Å². The zero-order valence-corrected chi connectivity index (χ0v) is 10.3. The van der Waals surface area contributed by atoms with Crippen LogP contribution in [0.25, 0.3) is 0 Å². The molecule has 16 heavy (non-hydrogen) atoms. The van der Waals surface area contributed by atoms with E-state index in [-0.39, 0.29) is 9.13 Å². The van der Waals surface area contributed by atoms with Crippen LogP contribution in [0.15, 0.2) is 12.1 Å². The molecule has 0 aliphatic rings. The highest BCUT2D eigenvalue weighted by Gasteiger charge is 2.36. The van der Waals surface area contributed by atoms with Gasteiger partial charge in [-0.05, 0) is 46.3 Å². The van der Waals surface area contributed by atoms with Crippen molar-refractivity contribution in [2.45, 2.75) is 6.18 Å². The van der Waals surface area contributed by atoms with Gasteiger partial charge in [-0.1, -0.05) is 0 Å². The Balaban J connectivity index is 3.67. The Morgan fingerprint density at radius 3 is 2.38 bits per heavy atom. The van der Waals surface area contributed by atoms with E-state index in [1.807, 2.05) is 0 Å². The monoisotopic (exact) mass is 359 g/mol. The van der Waals surface area contributed by atoms with Crippen LogP contribution in [0, 0.1) is 14.9 Å². The van der Waals surface area contributed by atoms with Crippen molar-refractivity contribution in [3.63, 3.8) is 0 Å². The summed E-state index contributed by atoms with van der Waals surface area (Å²) in [4.78, 5) is 11.0. The average molecular weight is 359 g/mol. The number of hydrogen-bond acceptors (Lipinski definition) is 2. The fourth-order valence-corrected chi connectivity index (χ4v) is 1.89. The minimum Gasteiger partial charge on any atom is -0.276 e. The molecule has 0 bridgehead atoms. The van der Waals surface area contributed by atoms with E-state index in [2.05, 4.69) is 0 Å². The number of rotatable bonds is 1. The van der Waals surface area contributed by atoms with Crippen LogP contribution in [0.1, 0.15) is 21.5 Å². The summed E-state index contributed by atoms with van der Waals surface area (Å²) in [6.45, 7) is 0. The highest BCUT2D eigenvalue weighted by molar-refractivity contribution is 14.1. The van der Waals surface area contributed by atoms with E-state index < -0.39 is 22.5 Å². The third kappa shape index (κ3) is 2.47. The van der Waals surface area contributed by atoms with Crippen molar-refractivity contribution >= 4 is 39.4 Å². The molecule has 0 radical (unpaired) electrons. The first kappa shape index (κ1) is 13.3. The molecule has 0 aliphatic heterocycles. The van der Waals surface area contributed by atoms with Crippen LogP contribution < -0.4 is 0 Å². The molecule has 1 rings (SSSR count). The second-order valence-corrected chi connectivity index (χ2v) is 4.23. The molecule has 0 aromatic heterocycles. The van der Waals surface area contributed by atoms with Crippen molar-refractivity contribution < 1.29 is 18.0 Å². The molecule has 0 atom stereocenters. The van der Waals surface area contributed by atoms with Gasteiger partial charge < -0.3 is 0 Å². The summed E-state index contributed by atoms with van der Waals surface area (Å²) in [6, 6.07) is 3.40. The highest BCUT2D eigenvalue weighted by Crippen LogP contribution is 2.35. The molecular formula is C9H2ClF3INO. The number of hydrogen-bond donors (Lipinski definition) is 0. The van der Waals surface area contributed by atoms with E-state index in [0.29, 0.717) is 0 Å². The van der Waals surface area contributed by atoms with E-state index >= 15 is 0 Å². The molecule has 7 heteroatoms. The predicted molar refractivity (Wildman–Crippen MR) is 59.1 cm³/mol. The van der Waals surface area contributed by atoms with Gasteiger partial charge in [0.2, 0.25) is 0 Å². The minimum absolute atomic E-state index is 0.247. The van der Waals surface area contributed by atoms with E-state index in [9.17, 15) is 18.0 Å². The summed E-state index contributed by atoms with van der Waals surface area (Å²) >= 11 is 6.74. The number of nitrogens with zero attached hydrogens (tertiary/aromatic N) is 1. The summed E-state index contributed by atoms with van der Waals surface area (Å²) in [5.74, 6) is 0. The van der Waals surface area contributed by atoms with Crippen LogP contribution in [0.4, 0.5) is 13.2 Å². The molecule has 0 amide bonds. The molecule has 2 nitrogen and oxygen atoms in total. The number of alkyl halides is 3. The lowest BCUT2D eigenvalue weighted by Crippen LogP contribution is -2.13. The summed E-state index contributed by atoms with van der Waals surface area (Å²) in [7, 11) is 0. The average Bonchev–Trinajstić information content (AvgIpc) is 2.14. The quantitative estimate of drug-likeness (QED) is 0.568. The lowest BCUT2D eigenvalue weighted by Gasteiger charge is -2.12. The minimum atomic E-state index is -4.71. The molecule has 0 saturated carbocycles. The van der Waals surface area contributed by atoms with Crippen molar-refractivity contribution in [3.8, 4) is 6.07 Å². The standard InChI is InChI=1S/C9H2ClF3INO/c10-8(16)7-4(3-15)6(14)2-1-5(7)9(11,12)13/h1-2H. The Labute approximate surface area is 107 Å². The first-order valence-electron chi connectivity index (χ1n) is 3.78. The van der Waals surface area contributed by atoms with Crippen molar-refractivity contribution in [2.75, 3.05) is 0 Å². The van der Waals surface area contributed by atoms with E-state index in [1.54, 1.807) is 28.7 Å². The van der Waals surface area contributed by atoms with Gasteiger partial charge in [0.05, 0.1) is 16.7 Å². The number of benzene rings is 1. The van der Waals surface area contributed by atoms with Crippen LogP contribution in [-0.2, 0) is 6.18 Å². The topological polar surface area (TPSA) is 40.9 Å². The predicted octanol–water partition coefficient (Wildman–Crippen LogP) is 3.56. The normalized spacial score (nSPS) is 11.0. The molecule has 1 aromatic rings. The largest absolute Gasteiger partial charge is 0.417 e. The number of halogens is 5. The lowest BCUT2D eigenvalue weighted by atomic mass is 10.0. The van der Waals surface area contributed by atoms with Crippen molar-refractivity contribution in [1.29, 1.82) is 5.26 Å². The first-order valence-corrected chi connectivity index (χ1v) is 5.24. The SMILES string of the molecule is N#Cc1c(I)ccc(C(F)(F)F)c1C(=O)Cl. The molecule has 0 fully saturated rings. The molecule has 0 N–H and O–H groups in total. The second kappa shape index (κ2) is 4.59. The molecule has 0 spiro atoms. The van der Waals surface area contributed by atoms with Gasteiger partial charge in [-0.25, -0.2) is 0 Å². The highest BCUT2D eigenvalue weighted by atomic mass is 127. The Kier molecular flexibility index (Phi) is 3.80. The van der Waals surface area contributed by atoms with Gasteiger partial charge in [-0.2, -0.15) is 18.4 Å². The van der Waals surface area contributed by atoms with Crippen LogP contribution in [0.3, 0.4) is 0 Å². The van der Waals surface area contributed by atoms with Crippen LogP contribution in [0.5, 0.6) is 0 Å². The third-order valence-corrected chi connectivity index (χ3v) is 2.86. The van der Waals surface area contributed by atoms with E-state index in [4.69, 9.17) is 16.9 Å². The Bertz CT molecular complexity index is 493. The number of nitriles is 1. The molecule has 0 saturated heterocycles. The smallest absolute Gasteiger partial charge is 0.276 e.